The zero-order chi connectivity index (χ0) is 14.2. The van der Waals surface area contributed by atoms with E-state index in [-0.39, 0.29) is 5.56 Å². The number of hydrogen-bond acceptors (Lipinski definition) is 2. The number of rotatable bonds is 3. The molecule has 0 aromatic heterocycles. The van der Waals surface area contributed by atoms with Gasteiger partial charge in [0, 0.05) is 18.0 Å². The molecule has 1 aliphatic rings. The maximum atomic E-state index is 14.7. The normalized spacial score (nSPS) is 19.8. The first kappa shape index (κ1) is 14.3. The Bertz CT molecular complexity index is 480. The minimum absolute atomic E-state index is 0.180. The van der Waals surface area contributed by atoms with Gasteiger partial charge in [0.2, 0.25) is 0 Å². The second-order valence-corrected chi connectivity index (χ2v) is 5.33. The zero-order valence-electron chi connectivity index (χ0n) is 11.9. The maximum Gasteiger partial charge on any atom is 0.277 e. The molecule has 2 nitrogen and oxygen atoms in total. The van der Waals surface area contributed by atoms with Crippen LogP contribution in [0.25, 0.3) is 0 Å². The molecule has 1 aliphatic heterocycles. The summed E-state index contributed by atoms with van der Waals surface area (Å²) in [6.07, 6.45) is 0.525. The first-order chi connectivity index (χ1) is 8.89. The van der Waals surface area contributed by atoms with Crippen molar-refractivity contribution in [2.45, 2.75) is 33.1 Å². The fourth-order valence-electron chi connectivity index (χ4n) is 2.94. The van der Waals surface area contributed by atoms with Gasteiger partial charge in [-0.25, -0.2) is 8.78 Å². The average Bonchev–Trinajstić information content (AvgIpc) is 2.88. The van der Waals surface area contributed by atoms with Crippen molar-refractivity contribution in [3.8, 4) is 5.75 Å². The third-order valence-electron chi connectivity index (χ3n) is 4.18. The van der Waals surface area contributed by atoms with Gasteiger partial charge in [-0.1, -0.05) is 0 Å². The molecule has 0 spiro atoms. The van der Waals surface area contributed by atoms with E-state index in [1.165, 1.54) is 0 Å². The van der Waals surface area contributed by atoms with Crippen molar-refractivity contribution in [1.29, 1.82) is 0 Å². The van der Waals surface area contributed by atoms with Crippen LogP contribution >= 0.6 is 0 Å². The summed E-state index contributed by atoms with van der Waals surface area (Å²) < 4.78 is 34.7. The molecule has 0 aliphatic carbocycles. The van der Waals surface area contributed by atoms with Gasteiger partial charge in [-0.3, -0.25) is 0 Å². The maximum absolute atomic E-state index is 14.7. The Balaban J connectivity index is 2.52. The fourth-order valence-corrected chi connectivity index (χ4v) is 2.94. The van der Waals surface area contributed by atoms with Gasteiger partial charge in [0.25, 0.3) is 5.92 Å². The minimum Gasteiger partial charge on any atom is -0.496 e. The van der Waals surface area contributed by atoms with E-state index in [4.69, 9.17) is 4.74 Å². The standard InChI is InChI=1S/C15H21F2NO/c1-9-7-13(19-4)10(2)11(3)14(9)15(16,17)12-5-6-18-8-12/h7,12,18H,5-6,8H2,1-4H3. The highest BCUT2D eigenvalue weighted by Gasteiger charge is 2.44. The summed E-state index contributed by atoms with van der Waals surface area (Å²) >= 11 is 0. The fraction of sp³-hybridized carbons (Fsp3) is 0.600. The monoisotopic (exact) mass is 269 g/mol. The van der Waals surface area contributed by atoms with Gasteiger partial charge in [0.1, 0.15) is 5.75 Å². The number of nitrogens with one attached hydrogen (secondary N) is 1. The van der Waals surface area contributed by atoms with Gasteiger partial charge in [-0.05, 0) is 56.5 Å². The molecule has 1 fully saturated rings. The SMILES string of the molecule is COc1cc(C)c(C(F)(F)C2CCNC2)c(C)c1C. The molecule has 4 heteroatoms. The Morgan fingerprint density at radius 1 is 1.26 bits per heavy atom. The molecule has 1 atom stereocenters. The molecule has 1 aromatic rings. The Labute approximate surface area is 113 Å². The summed E-state index contributed by atoms with van der Waals surface area (Å²) in [5.74, 6) is -2.72. The molecule has 0 amide bonds. The Morgan fingerprint density at radius 3 is 2.47 bits per heavy atom. The number of aryl methyl sites for hydroxylation is 1. The summed E-state index contributed by atoms with van der Waals surface area (Å²) in [6.45, 7) is 6.39. The molecular formula is C15H21F2NO. The number of halogens is 2. The molecular weight excluding hydrogens is 248 g/mol. The van der Waals surface area contributed by atoms with E-state index < -0.39 is 11.8 Å². The van der Waals surface area contributed by atoms with Crippen molar-refractivity contribution in [2.24, 2.45) is 5.92 Å². The summed E-state index contributed by atoms with van der Waals surface area (Å²) in [6, 6.07) is 1.72. The van der Waals surface area contributed by atoms with E-state index in [0.29, 0.717) is 36.4 Å². The van der Waals surface area contributed by atoms with E-state index in [9.17, 15) is 8.78 Å². The van der Waals surface area contributed by atoms with E-state index in [1.54, 1.807) is 27.0 Å². The van der Waals surface area contributed by atoms with E-state index >= 15 is 0 Å². The summed E-state index contributed by atoms with van der Waals surface area (Å²) in [7, 11) is 1.57. The zero-order valence-corrected chi connectivity index (χ0v) is 11.9. The first-order valence-corrected chi connectivity index (χ1v) is 6.63. The van der Waals surface area contributed by atoms with Crippen molar-refractivity contribution in [2.75, 3.05) is 20.2 Å². The van der Waals surface area contributed by atoms with Crippen LogP contribution in [0.5, 0.6) is 5.75 Å². The van der Waals surface area contributed by atoms with Crippen LogP contribution in [0.15, 0.2) is 6.07 Å². The Kier molecular flexibility index (Phi) is 3.81. The number of alkyl halides is 2. The largest absolute Gasteiger partial charge is 0.496 e. The number of hydrogen-bond donors (Lipinski definition) is 1. The van der Waals surface area contributed by atoms with Crippen molar-refractivity contribution in [1.82, 2.24) is 5.32 Å². The van der Waals surface area contributed by atoms with Crippen LogP contribution in [-0.2, 0) is 5.92 Å². The van der Waals surface area contributed by atoms with Crippen LogP contribution in [0.2, 0.25) is 0 Å². The van der Waals surface area contributed by atoms with Gasteiger partial charge < -0.3 is 10.1 Å². The predicted molar refractivity (Wildman–Crippen MR) is 72.1 cm³/mol. The summed E-state index contributed by atoms with van der Waals surface area (Å²) in [4.78, 5) is 0. The molecule has 1 aromatic carbocycles. The third-order valence-corrected chi connectivity index (χ3v) is 4.18. The molecule has 0 radical (unpaired) electrons. The van der Waals surface area contributed by atoms with Gasteiger partial charge >= 0.3 is 0 Å². The smallest absolute Gasteiger partial charge is 0.277 e. The molecule has 19 heavy (non-hydrogen) atoms. The lowest BCUT2D eigenvalue weighted by Crippen LogP contribution is -2.29. The molecule has 106 valence electrons. The van der Waals surface area contributed by atoms with E-state index in [0.717, 1.165) is 5.56 Å². The first-order valence-electron chi connectivity index (χ1n) is 6.63. The molecule has 1 N–H and O–H groups in total. The predicted octanol–water partition coefficient (Wildman–Crippen LogP) is 3.32. The Morgan fingerprint density at radius 2 is 1.95 bits per heavy atom. The summed E-state index contributed by atoms with van der Waals surface area (Å²) in [5.41, 5.74) is 2.24. The molecule has 1 heterocycles. The van der Waals surface area contributed by atoms with E-state index in [1.807, 2.05) is 6.92 Å². The second kappa shape index (κ2) is 5.08. The topological polar surface area (TPSA) is 21.3 Å². The highest BCUT2D eigenvalue weighted by atomic mass is 19.3. The highest BCUT2D eigenvalue weighted by Crippen LogP contribution is 2.44. The molecule has 1 unspecified atom stereocenters. The van der Waals surface area contributed by atoms with Crippen molar-refractivity contribution >= 4 is 0 Å². The Hall–Kier alpha value is -1.16. The van der Waals surface area contributed by atoms with Crippen molar-refractivity contribution in [3.63, 3.8) is 0 Å². The summed E-state index contributed by atoms with van der Waals surface area (Å²) in [5, 5.41) is 3.02. The van der Waals surface area contributed by atoms with E-state index in [2.05, 4.69) is 5.32 Å². The minimum atomic E-state index is -2.78. The van der Waals surface area contributed by atoms with Crippen molar-refractivity contribution in [3.05, 3.63) is 28.3 Å². The third kappa shape index (κ3) is 2.34. The van der Waals surface area contributed by atoms with Gasteiger partial charge in [-0.15, -0.1) is 0 Å². The van der Waals surface area contributed by atoms with Crippen LogP contribution in [0.4, 0.5) is 8.78 Å². The highest BCUT2D eigenvalue weighted by molar-refractivity contribution is 5.50. The lowest BCUT2D eigenvalue weighted by molar-refractivity contribution is -0.0586. The quantitative estimate of drug-likeness (QED) is 0.909. The number of benzene rings is 1. The van der Waals surface area contributed by atoms with Gasteiger partial charge in [-0.2, -0.15) is 0 Å². The molecule has 2 rings (SSSR count). The molecule has 1 saturated heterocycles. The molecule has 0 bridgehead atoms. The van der Waals surface area contributed by atoms with Crippen LogP contribution < -0.4 is 10.1 Å². The van der Waals surface area contributed by atoms with Crippen LogP contribution in [-0.4, -0.2) is 20.2 Å². The second-order valence-electron chi connectivity index (χ2n) is 5.33. The number of methoxy groups -OCH3 is 1. The van der Waals surface area contributed by atoms with Gasteiger partial charge in [0.05, 0.1) is 7.11 Å². The van der Waals surface area contributed by atoms with Gasteiger partial charge in [0.15, 0.2) is 0 Å². The number of ether oxygens (including phenoxy) is 1. The lowest BCUT2D eigenvalue weighted by atomic mass is 9.86. The van der Waals surface area contributed by atoms with Crippen LogP contribution in [0.3, 0.4) is 0 Å². The average molecular weight is 269 g/mol. The van der Waals surface area contributed by atoms with Crippen LogP contribution in [0.1, 0.15) is 28.7 Å². The molecule has 0 saturated carbocycles. The lowest BCUT2D eigenvalue weighted by Gasteiger charge is -2.27. The van der Waals surface area contributed by atoms with Crippen LogP contribution in [0, 0.1) is 26.7 Å². The van der Waals surface area contributed by atoms with Crippen molar-refractivity contribution < 1.29 is 13.5 Å².